The quantitative estimate of drug-likeness (QED) is 0.877. The highest BCUT2D eigenvalue weighted by Crippen LogP contribution is 2.34. The maximum absolute atomic E-state index is 11.4. The van der Waals surface area contributed by atoms with Crippen molar-refractivity contribution in [2.75, 3.05) is 6.26 Å². The summed E-state index contributed by atoms with van der Waals surface area (Å²) in [6.07, 6.45) is 1.70. The average Bonchev–Trinajstić information content (AvgIpc) is 2.77. The Labute approximate surface area is 112 Å². The van der Waals surface area contributed by atoms with Gasteiger partial charge in [0, 0.05) is 22.4 Å². The van der Waals surface area contributed by atoms with E-state index in [9.17, 15) is 4.55 Å². The molecule has 2 rings (SSSR count). The van der Waals surface area contributed by atoms with E-state index in [0.29, 0.717) is 6.54 Å². The van der Waals surface area contributed by atoms with E-state index in [1.165, 1.54) is 9.09 Å². The zero-order valence-electron chi connectivity index (χ0n) is 9.38. The minimum absolute atomic E-state index is 0.588. The second-order valence-electron chi connectivity index (χ2n) is 3.46. The van der Waals surface area contributed by atoms with E-state index in [4.69, 9.17) is 5.73 Å². The van der Waals surface area contributed by atoms with Crippen LogP contribution in [0.15, 0.2) is 50.4 Å². The lowest BCUT2D eigenvalue weighted by Gasteiger charge is -2.05. The molecule has 0 aliphatic rings. The molecule has 1 heterocycles. The predicted molar refractivity (Wildman–Crippen MR) is 75.1 cm³/mol. The van der Waals surface area contributed by atoms with Gasteiger partial charge in [-0.05, 0) is 35.4 Å². The SMILES string of the molecule is C[S+]([O-])c1cccc(Sc2ccc(CN)s2)c1. The Morgan fingerprint density at radius 1 is 1.35 bits per heavy atom. The Hall–Kier alpha value is -0.460. The molecule has 0 aliphatic carbocycles. The first-order valence-electron chi connectivity index (χ1n) is 5.09. The monoisotopic (exact) mass is 283 g/mol. The highest BCUT2D eigenvalue weighted by atomic mass is 32.2. The van der Waals surface area contributed by atoms with E-state index < -0.39 is 11.2 Å². The first-order valence-corrected chi connectivity index (χ1v) is 8.28. The zero-order chi connectivity index (χ0) is 12.3. The van der Waals surface area contributed by atoms with E-state index in [0.717, 1.165) is 9.79 Å². The summed E-state index contributed by atoms with van der Waals surface area (Å²) >= 11 is 2.46. The van der Waals surface area contributed by atoms with Gasteiger partial charge in [-0.2, -0.15) is 0 Å². The first kappa shape index (κ1) is 13.0. The molecule has 2 N–H and O–H groups in total. The summed E-state index contributed by atoms with van der Waals surface area (Å²) in [5, 5.41) is 0. The van der Waals surface area contributed by atoms with Crippen molar-refractivity contribution in [1.29, 1.82) is 0 Å². The number of nitrogens with two attached hydrogens (primary N) is 1. The molecule has 5 heteroatoms. The fourth-order valence-electron chi connectivity index (χ4n) is 1.36. The minimum atomic E-state index is -0.924. The Morgan fingerprint density at radius 2 is 2.18 bits per heavy atom. The van der Waals surface area contributed by atoms with Crippen molar-refractivity contribution in [1.82, 2.24) is 0 Å². The predicted octanol–water partition coefficient (Wildman–Crippen LogP) is 3.10. The molecule has 0 saturated carbocycles. The van der Waals surface area contributed by atoms with Crippen molar-refractivity contribution in [2.24, 2.45) is 5.73 Å². The molecular weight excluding hydrogens is 270 g/mol. The van der Waals surface area contributed by atoms with Gasteiger partial charge in [0.1, 0.15) is 6.26 Å². The molecule has 2 aromatic rings. The zero-order valence-corrected chi connectivity index (χ0v) is 11.8. The summed E-state index contributed by atoms with van der Waals surface area (Å²) in [5.74, 6) is 0. The summed E-state index contributed by atoms with van der Waals surface area (Å²) in [4.78, 5) is 3.16. The van der Waals surface area contributed by atoms with Gasteiger partial charge in [0.05, 0.1) is 4.21 Å². The van der Waals surface area contributed by atoms with Crippen LogP contribution in [0.5, 0.6) is 0 Å². The fraction of sp³-hybridized carbons (Fsp3) is 0.167. The van der Waals surface area contributed by atoms with E-state index >= 15 is 0 Å². The number of rotatable bonds is 4. The second kappa shape index (κ2) is 5.93. The van der Waals surface area contributed by atoms with Gasteiger partial charge >= 0.3 is 0 Å². The average molecular weight is 283 g/mol. The Morgan fingerprint density at radius 3 is 2.82 bits per heavy atom. The number of hydrogen-bond donors (Lipinski definition) is 1. The van der Waals surface area contributed by atoms with Crippen molar-refractivity contribution in [3.63, 3.8) is 0 Å². The number of benzene rings is 1. The van der Waals surface area contributed by atoms with Crippen LogP contribution in [0.25, 0.3) is 0 Å². The van der Waals surface area contributed by atoms with E-state index in [2.05, 4.69) is 12.1 Å². The maximum atomic E-state index is 11.4. The van der Waals surface area contributed by atoms with Crippen molar-refractivity contribution < 1.29 is 4.55 Å². The minimum Gasteiger partial charge on any atom is -0.612 e. The van der Waals surface area contributed by atoms with E-state index in [1.54, 1.807) is 29.4 Å². The largest absolute Gasteiger partial charge is 0.612 e. The highest BCUT2D eigenvalue weighted by molar-refractivity contribution is 8.01. The lowest BCUT2D eigenvalue weighted by molar-refractivity contribution is 0.600. The summed E-state index contributed by atoms with van der Waals surface area (Å²) < 4.78 is 12.6. The van der Waals surface area contributed by atoms with Crippen molar-refractivity contribution in [2.45, 2.75) is 20.5 Å². The molecular formula is C12H13NOS3. The molecule has 1 aromatic carbocycles. The summed E-state index contributed by atoms with van der Waals surface area (Å²) in [6.45, 7) is 0.588. The molecule has 0 bridgehead atoms. The third kappa shape index (κ3) is 3.50. The smallest absolute Gasteiger partial charge is 0.153 e. The van der Waals surface area contributed by atoms with Crippen LogP contribution in [0.1, 0.15) is 4.88 Å². The molecule has 90 valence electrons. The molecule has 2 nitrogen and oxygen atoms in total. The normalized spacial score (nSPS) is 12.6. The van der Waals surface area contributed by atoms with Crippen LogP contribution >= 0.6 is 23.1 Å². The molecule has 0 fully saturated rings. The van der Waals surface area contributed by atoms with Gasteiger partial charge in [0.15, 0.2) is 4.90 Å². The summed E-state index contributed by atoms with van der Waals surface area (Å²) in [7, 11) is 0. The Balaban J connectivity index is 2.15. The van der Waals surface area contributed by atoms with Crippen molar-refractivity contribution in [3.8, 4) is 0 Å². The second-order valence-corrected chi connectivity index (χ2v) is 7.38. The summed E-state index contributed by atoms with van der Waals surface area (Å²) in [6, 6.07) is 12.0. The third-order valence-electron chi connectivity index (χ3n) is 2.19. The highest BCUT2D eigenvalue weighted by Gasteiger charge is 2.07. The first-order chi connectivity index (χ1) is 8.19. The molecule has 1 unspecified atom stereocenters. The fourth-order valence-corrected chi connectivity index (χ4v) is 4.08. The van der Waals surface area contributed by atoms with Gasteiger partial charge in [-0.15, -0.1) is 11.3 Å². The van der Waals surface area contributed by atoms with Crippen molar-refractivity contribution in [3.05, 3.63) is 41.3 Å². The van der Waals surface area contributed by atoms with Crippen LogP contribution in [0.2, 0.25) is 0 Å². The number of hydrogen-bond acceptors (Lipinski definition) is 4. The van der Waals surface area contributed by atoms with Crippen LogP contribution < -0.4 is 5.73 Å². The molecule has 0 aliphatic heterocycles. The van der Waals surface area contributed by atoms with Crippen molar-refractivity contribution >= 4 is 34.3 Å². The van der Waals surface area contributed by atoms with Gasteiger partial charge in [0.25, 0.3) is 0 Å². The lowest BCUT2D eigenvalue weighted by atomic mass is 10.4. The maximum Gasteiger partial charge on any atom is 0.153 e. The van der Waals surface area contributed by atoms with Gasteiger partial charge in [0.2, 0.25) is 0 Å². The number of thiophene rings is 1. The van der Waals surface area contributed by atoms with Gasteiger partial charge in [-0.25, -0.2) is 0 Å². The van der Waals surface area contributed by atoms with Gasteiger partial charge in [-0.1, -0.05) is 17.8 Å². The van der Waals surface area contributed by atoms with E-state index in [-0.39, 0.29) is 0 Å². The van der Waals surface area contributed by atoms with E-state index in [1.807, 2.05) is 24.3 Å². The lowest BCUT2D eigenvalue weighted by Crippen LogP contribution is -1.96. The molecule has 1 aromatic heterocycles. The van der Waals surface area contributed by atoms with Crippen LogP contribution in [-0.2, 0) is 17.7 Å². The molecule has 0 amide bonds. The van der Waals surface area contributed by atoms with Gasteiger partial charge in [-0.3, -0.25) is 0 Å². The molecule has 17 heavy (non-hydrogen) atoms. The topological polar surface area (TPSA) is 49.1 Å². The Kier molecular flexibility index (Phi) is 4.53. The Bertz CT molecular complexity index is 496. The van der Waals surface area contributed by atoms with Crippen LogP contribution in [0.4, 0.5) is 0 Å². The molecule has 1 atom stereocenters. The standard InChI is InChI=1S/C12H13NOS3/c1-17(14)11-4-2-3-9(7-11)15-12-6-5-10(8-13)16-12/h2-7H,8,13H2,1H3. The molecule has 0 spiro atoms. The van der Waals surface area contributed by atoms with Crippen LogP contribution in [-0.4, -0.2) is 10.8 Å². The molecule has 0 saturated heterocycles. The molecule has 0 radical (unpaired) electrons. The van der Waals surface area contributed by atoms with Crippen LogP contribution in [0, 0.1) is 0 Å². The third-order valence-corrected chi connectivity index (χ3v) is 5.34. The summed E-state index contributed by atoms with van der Waals surface area (Å²) in [5.41, 5.74) is 5.58. The van der Waals surface area contributed by atoms with Gasteiger partial charge < -0.3 is 10.3 Å². The van der Waals surface area contributed by atoms with Crippen LogP contribution in [0.3, 0.4) is 0 Å².